The normalized spacial score (nSPS) is 14.6. The molecule has 2 aromatic carbocycles. The molecule has 5 aromatic rings. The molecular formula is C48H66BrF2N9O6. The number of hydrogen-bond donors (Lipinski definition) is 5. The van der Waals surface area contributed by atoms with Crippen molar-refractivity contribution >= 4 is 44.6 Å². The van der Waals surface area contributed by atoms with E-state index in [1.165, 1.54) is 18.3 Å². The molecule has 15 nitrogen and oxygen atoms in total. The van der Waals surface area contributed by atoms with E-state index in [2.05, 4.69) is 84.2 Å². The van der Waals surface area contributed by atoms with Gasteiger partial charge in [-0.15, -0.1) is 0 Å². The third kappa shape index (κ3) is 15.9. The van der Waals surface area contributed by atoms with Gasteiger partial charge < -0.3 is 50.5 Å². The van der Waals surface area contributed by atoms with Gasteiger partial charge in [-0.2, -0.15) is 4.98 Å². The third-order valence-corrected chi connectivity index (χ3v) is 10.9. The van der Waals surface area contributed by atoms with E-state index in [1.807, 2.05) is 37.3 Å². The molecule has 18 heteroatoms. The molecule has 6 N–H and O–H groups in total. The standard InChI is InChI=1S/C23H30FN5O3.C13H16BrFN2O.C11H16N2O2.CH4/c1-5-6-9-23(2,14-30)29-21-20-18(10-16(24)13-25-20)27-22(28-21)26-12-15-7-8-17(31-3)11-19(15)32-4;1-3-4-5-13(2)8-18-12(17-13)11-10(14)6-9(15)7-16-11;1-8(12)13-7-9-4-5-10(14-2)6-11(9)15-3;/h7-8,10-11,13,30H,5-6,9,12,14H2,1-4H3,(H2,26,27,28,29);6-7H,3-5,8H2,1-2H3;4-6,13H,1,7,12H2,2-3H3;1H4/t23-;13-;;/m11../s1. The number of pyridine rings is 2. The minimum absolute atomic E-state index is 0. The highest BCUT2D eigenvalue weighted by molar-refractivity contribution is 9.10. The summed E-state index contributed by atoms with van der Waals surface area (Å²) < 4.78 is 54.0. The van der Waals surface area contributed by atoms with Gasteiger partial charge in [0, 0.05) is 42.4 Å². The van der Waals surface area contributed by atoms with Crippen LogP contribution in [0.25, 0.3) is 11.0 Å². The Morgan fingerprint density at radius 3 is 2.06 bits per heavy atom. The van der Waals surface area contributed by atoms with Crippen LogP contribution in [-0.2, 0) is 17.8 Å². The summed E-state index contributed by atoms with van der Waals surface area (Å²) in [7, 11) is 6.43. The van der Waals surface area contributed by atoms with Gasteiger partial charge in [0.1, 0.15) is 52.4 Å². The van der Waals surface area contributed by atoms with E-state index in [-0.39, 0.29) is 25.4 Å². The van der Waals surface area contributed by atoms with E-state index in [0.29, 0.717) is 75.9 Å². The maximum atomic E-state index is 13.9. The number of aromatic nitrogens is 4. The fourth-order valence-corrected chi connectivity index (χ4v) is 6.98. The van der Waals surface area contributed by atoms with E-state index in [9.17, 15) is 13.9 Å². The second-order valence-electron chi connectivity index (χ2n) is 15.7. The van der Waals surface area contributed by atoms with Gasteiger partial charge in [0.2, 0.25) is 11.8 Å². The summed E-state index contributed by atoms with van der Waals surface area (Å²) in [5, 5.41) is 19.4. The van der Waals surface area contributed by atoms with E-state index in [1.54, 1.807) is 34.5 Å². The molecule has 0 spiro atoms. The van der Waals surface area contributed by atoms with Crippen LogP contribution in [0.15, 0.2) is 82.8 Å². The lowest BCUT2D eigenvalue weighted by atomic mass is 9.96. The number of methoxy groups -OCH3 is 4. The van der Waals surface area contributed by atoms with Crippen LogP contribution in [0.2, 0.25) is 0 Å². The van der Waals surface area contributed by atoms with Crippen LogP contribution < -0.4 is 40.6 Å². The Balaban J connectivity index is 0.000000287. The van der Waals surface area contributed by atoms with Crippen molar-refractivity contribution in [1.82, 2.24) is 25.3 Å². The molecule has 0 saturated carbocycles. The molecule has 0 bridgehead atoms. The summed E-state index contributed by atoms with van der Waals surface area (Å²) in [4.78, 5) is 21.8. The van der Waals surface area contributed by atoms with Crippen molar-refractivity contribution < 1.29 is 37.6 Å². The molecule has 2 atom stereocenters. The Hall–Kier alpha value is -6.01. The Kier molecular flexibility index (Phi) is 21.6. The van der Waals surface area contributed by atoms with Gasteiger partial charge in [0.15, 0.2) is 5.82 Å². The average Bonchev–Trinajstić information content (AvgIpc) is 3.70. The summed E-state index contributed by atoms with van der Waals surface area (Å²) >= 11 is 3.28. The molecule has 6 rings (SSSR count). The van der Waals surface area contributed by atoms with Gasteiger partial charge in [-0.1, -0.05) is 53.5 Å². The van der Waals surface area contributed by atoms with Gasteiger partial charge in [-0.05, 0) is 73.0 Å². The zero-order valence-corrected chi connectivity index (χ0v) is 40.1. The van der Waals surface area contributed by atoms with E-state index < -0.39 is 11.4 Å². The lowest BCUT2D eigenvalue weighted by Gasteiger charge is -2.29. The summed E-state index contributed by atoms with van der Waals surface area (Å²) in [6.07, 6.45) is 8.25. The second kappa shape index (κ2) is 26.2. The van der Waals surface area contributed by atoms with Gasteiger partial charge in [-0.25, -0.2) is 28.7 Å². The van der Waals surface area contributed by atoms with E-state index >= 15 is 0 Å². The first-order valence-corrected chi connectivity index (χ1v) is 22.0. The predicted molar refractivity (Wildman–Crippen MR) is 262 cm³/mol. The molecule has 0 amide bonds. The van der Waals surface area contributed by atoms with Crippen molar-refractivity contribution in [2.24, 2.45) is 10.7 Å². The van der Waals surface area contributed by atoms with Crippen molar-refractivity contribution in [3.63, 3.8) is 0 Å². The van der Waals surface area contributed by atoms with Gasteiger partial charge in [0.05, 0.1) is 74.3 Å². The van der Waals surface area contributed by atoms with Crippen LogP contribution in [0.5, 0.6) is 23.0 Å². The largest absolute Gasteiger partial charge is 0.497 e. The number of anilines is 2. The molecule has 0 saturated heterocycles. The number of ether oxygens (including phenoxy) is 5. The summed E-state index contributed by atoms with van der Waals surface area (Å²) in [6.45, 7) is 13.3. The van der Waals surface area contributed by atoms with Crippen molar-refractivity contribution in [2.45, 2.75) is 97.8 Å². The lowest BCUT2D eigenvalue weighted by Crippen LogP contribution is -2.39. The smallest absolute Gasteiger partial charge is 0.237 e. The van der Waals surface area contributed by atoms with Crippen molar-refractivity contribution in [1.29, 1.82) is 0 Å². The van der Waals surface area contributed by atoms with Crippen molar-refractivity contribution in [3.8, 4) is 23.0 Å². The number of fused-ring (bicyclic) bond motifs is 1. The number of rotatable bonds is 20. The Bertz CT molecular complexity index is 2380. The number of aliphatic hydroxyl groups is 1. The first-order chi connectivity index (χ1) is 31.1. The number of nitrogens with zero attached hydrogens (tertiary/aromatic N) is 5. The number of benzene rings is 2. The zero-order chi connectivity index (χ0) is 47.6. The number of nitrogens with two attached hydrogens (primary N) is 1. The number of hydrogen-bond acceptors (Lipinski definition) is 15. The molecule has 1 aliphatic rings. The number of aliphatic hydroxyl groups excluding tert-OH is 1. The minimum Gasteiger partial charge on any atom is -0.497 e. The average molecular weight is 983 g/mol. The molecular weight excluding hydrogens is 916 g/mol. The second-order valence-corrected chi connectivity index (χ2v) is 16.6. The zero-order valence-electron chi connectivity index (χ0n) is 38.5. The number of halogens is 3. The van der Waals surface area contributed by atoms with Crippen LogP contribution in [0.4, 0.5) is 20.5 Å². The topological polar surface area (TPSA) is 192 Å². The maximum absolute atomic E-state index is 13.9. The highest BCUT2D eigenvalue weighted by Gasteiger charge is 2.33. The summed E-state index contributed by atoms with van der Waals surface area (Å²) in [5.41, 5.74) is 7.90. The first kappa shape index (κ1) is 54.3. The molecule has 0 radical (unpaired) electrons. The molecule has 360 valence electrons. The van der Waals surface area contributed by atoms with E-state index in [4.69, 9.17) is 29.4 Å². The van der Waals surface area contributed by atoms with Crippen LogP contribution in [0.1, 0.15) is 90.5 Å². The molecule has 1 aliphatic heterocycles. The maximum Gasteiger partial charge on any atom is 0.237 e. The quantitative estimate of drug-likeness (QED) is 0.0495. The van der Waals surface area contributed by atoms with Crippen LogP contribution in [0.3, 0.4) is 0 Å². The monoisotopic (exact) mass is 981 g/mol. The summed E-state index contributed by atoms with van der Waals surface area (Å²) in [5.74, 6) is 3.71. The first-order valence-electron chi connectivity index (χ1n) is 21.2. The third-order valence-electron chi connectivity index (χ3n) is 10.3. The Morgan fingerprint density at radius 2 is 1.50 bits per heavy atom. The highest BCUT2D eigenvalue weighted by Crippen LogP contribution is 2.30. The molecule has 0 aliphatic carbocycles. The van der Waals surface area contributed by atoms with E-state index in [0.717, 1.165) is 67.3 Å². The molecule has 0 fully saturated rings. The molecule has 4 heterocycles. The fourth-order valence-electron chi connectivity index (χ4n) is 6.49. The van der Waals surface area contributed by atoms with Crippen molar-refractivity contribution in [2.75, 3.05) is 52.3 Å². The number of nitrogens with one attached hydrogen (secondary N) is 3. The van der Waals surface area contributed by atoms with Crippen LogP contribution >= 0.6 is 15.9 Å². The van der Waals surface area contributed by atoms with Crippen LogP contribution in [-0.4, -0.2) is 83.7 Å². The van der Waals surface area contributed by atoms with Gasteiger partial charge in [-0.3, -0.25) is 0 Å². The highest BCUT2D eigenvalue weighted by atomic mass is 79.9. The number of unbranched alkanes of at least 4 members (excludes halogenated alkanes) is 2. The van der Waals surface area contributed by atoms with Crippen molar-refractivity contribution in [3.05, 3.63) is 106 Å². The van der Waals surface area contributed by atoms with Gasteiger partial charge in [0.25, 0.3) is 0 Å². The minimum atomic E-state index is -0.593. The summed E-state index contributed by atoms with van der Waals surface area (Å²) in [6, 6.07) is 13.8. The fraction of sp³-hybridized carbons (Fsp3) is 0.438. The molecule has 3 aromatic heterocycles. The van der Waals surface area contributed by atoms with Crippen LogP contribution in [0, 0.1) is 11.6 Å². The Labute approximate surface area is 396 Å². The molecule has 0 unspecified atom stereocenters. The Morgan fingerprint density at radius 1 is 0.894 bits per heavy atom. The molecule has 66 heavy (non-hydrogen) atoms. The number of aliphatic imine (C=N–C) groups is 1. The SMILES string of the molecule is C.C=C(N)NCc1ccc(OC)cc1OC.CCCC[C@](C)(CO)Nc1nc(NCc2ccc(OC)cc2OC)nc2cc(F)cnc12.CCCC[C@]1(C)COC(c2ncc(F)cc2Br)=N1. The predicted octanol–water partition coefficient (Wildman–Crippen LogP) is 9.71. The van der Waals surface area contributed by atoms with Gasteiger partial charge >= 0.3 is 0 Å². The lowest BCUT2D eigenvalue weighted by molar-refractivity contribution is 0.212.